The molecule has 0 aromatic heterocycles. The molecule has 0 saturated carbocycles. The van der Waals surface area contributed by atoms with E-state index in [1.165, 1.54) is 6.07 Å². The van der Waals surface area contributed by atoms with E-state index in [2.05, 4.69) is 15.9 Å². The fourth-order valence-corrected chi connectivity index (χ4v) is 3.97. The zero-order valence-corrected chi connectivity index (χ0v) is 18.2. The first kappa shape index (κ1) is 21.1. The van der Waals surface area contributed by atoms with Gasteiger partial charge in [0.2, 0.25) is 5.91 Å². The number of hydrogen-bond acceptors (Lipinski definition) is 4. The van der Waals surface area contributed by atoms with Crippen LogP contribution in [-0.2, 0) is 6.61 Å². The Morgan fingerprint density at radius 3 is 2.65 bits per heavy atom. The fourth-order valence-electron chi connectivity index (χ4n) is 3.55. The lowest BCUT2D eigenvalue weighted by atomic mass is 9.94. The van der Waals surface area contributed by atoms with Gasteiger partial charge in [-0.15, -0.1) is 0 Å². The Hall–Kier alpha value is -3.19. The maximum atomic E-state index is 14.8. The number of rotatable bonds is 5. The van der Waals surface area contributed by atoms with E-state index in [9.17, 15) is 14.0 Å². The Bertz CT molecular complexity index is 1180. The highest BCUT2D eigenvalue weighted by molar-refractivity contribution is 9.10. The van der Waals surface area contributed by atoms with E-state index in [1.54, 1.807) is 31.2 Å². The van der Waals surface area contributed by atoms with Gasteiger partial charge in [-0.05, 0) is 48.4 Å². The summed E-state index contributed by atoms with van der Waals surface area (Å²) in [4.78, 5) is 23.9. The highest BCUT2D eigenvalue weighted by atomic mass is 79.9. The molecular weight excluding hydrogens is 465 g/mol. The molecular formula is C24H19BrFNO4. The number of ether oxygens (including phenoxy) is 2. The van der Waals surface area contributed by atoms with E-state index in [-0.39, 0.29) is 30.1 Å². The van der Waals surface area contributed by atoms with E-state index >= 15 is 0 Å². The second kappa shape index (κ2) is 8.51. The highest BCUT2D eigenvalue weighted by Crippen LogP contribution is 2.42. The molecule has 3 aromatic rings. The number of benzene rings is 3. The van der Waals surface area contributed by atoms with Crippen molar-refractivity contribution < 1.29 is 23.5 Å². The SMILES string of the molecule is Cc1c(OCc2ccc(C(N)=O)cc2)c(F)cc2c1OC(c1cccc(Br)c1)CC2=O. The fraction of sp³-hybridized carbons (Fsp3) is 0.167. The molecule has 0 radical (unpaired) electrons. The maximum Gasteiger partial charge on any atom is 0.248 e. The first-order valence-electron chi connectivity index (χ1n) is 9.63. The molecule has 158 valence electrons. The summed E-state index contributed by atoms with van der Waals surface area (Å²) < 4.78 is 27.5. The van der Waals surface area contributed by atoms with E-state index in [1.807, 2.05) is 24.3 Å². The minimum atomic E-state index is -0.622. The topological polar surface area (TPSA) is 78.6 Å². The summed E-state index contributed by atoms with van der Waals surface area (Å²) in [5.41, 5.74) is 7.87. The molecule has 31 heavy (non-hydrogen) atoms. The van der Waals surface area contributed by atoms with E-state index in [0.717, 1.165) is 15.6 Å². The maximum absolute atomic E-state index is 14.8. The number of nitrogens with two attached hydrogens (primary N) is 1. The van der Waals surface area contributed by atoms with E-state index in [4.69, 9.17) is 15.2 Å². The zero-order chi connectivity index (χ0) is 22.1. The third-order valence-electron chi connectivity index (χ3n) is 5.19. The molecule has 0 spiro atoms. The Kier molecular flexibility index (Phi) is 5.78. The van der Waals surface area contributed by atoms with Gasteiger partial charge in [0.15, 0.2) is 17.3 Å². The number of fused-ring (bicyclic) bond motifs is 1. The van der Waals surface area contributed by atoms with Crippen molar-refractivity contribution in [2.24, 2.45) is 5.73 Å². The third kappa shape index (κ3) is 4.32. The normalized spacial score (nSPS) is 15.2. The minimum Gasteiger partial charge on any atom is -0.485 e. The molecule has 7 heteroatoms. The van der Waals surface area contributed by atoms with E-state index < -0.39 is 17.8 Å². The lowest BCUT2D eigenvalue weighted by molar-refractivity contribution is 0.0845. The summed E-state index contributed by atoms with van der Waals surface area (Å²) in [5, 5.41) is 0. The minimum absolute atomic E-state index is 0.0282. The van der Waals surface area contributed by atoms with Crippen LogP contribution in [0.25, 0.3) is 0 Å². The van der Waals surface area contributed by atoms with Crippen molar-refractivity contribution in [1.29, 1.82) is 0 Å². The second-order valence-corrected chi connectivity index (χ2v) is 8.24. The van der Waals surface area contributed by atoms with Gasteiger partial charge in [0.25, 0.3) is 0 Å². The molecule has 4 rings (SSSR count). The summed E-state index contributed by atoms with van der Waals surface area (Å²) in [6.45, 7) is 1.75. The molecule has 0 fully saturated rings. The number of amides is 1. The molecule has 0 saturated heterocycles. The van der Waals surface area contributed by atoms with Gasteiger partial charge in [0.1, 0.15) is 18.5 Å². The first-order valence-corrected chi connectivity index (χ1v) is 10.4. The number of carbonyl (C=O) groups is 2. The smallest absolute Gasteiger partial charge is 0.248 e. The van der Waals surface area contributed by atoms with Gasteiger partial charge < -0.3 is 15.2 Å². The number of hydrogen-bond donors (Lipinski definition) is 1. The van der Waals surface area contributed by atoms with Crippen molar-refractivity contribution in [3.63, 3.8) is 0 Å². The molecule has 1 amide bonds. The molecule has 3 aromatic carbocycles. The summed E-state index contributed by atoms with van der Waals surface area (Å²) in [5.74, 6) is -0.961. The van der Waals surface area contributed by atoms with Crippen LogP contribution in [0.1, 0.15) is 49.9 Å². The summed E-state index contributed by atoms with van der Waals surface area (Å²) in [7, 11) is 0. The average molecular weight is 484 g/mol. The number of carbonyl (C=O) groups excluding carboxylic acids is 2. The number of halogens is 2. The van der Waals surface area contributed by atoms with Crippen molar-refractivity contribution in [1.82, 2.24) is 0 Å². The van der Waals surface area contributed by atoms with Crippen LogP contribution in [0.4, 0.5) is 4.39 Å². The largest absolute Gasteiger partial charge is 0.485 e. The molecule has 1 heterocycles. The van der Waals surface area contributed by atoms with Gasteiger partial charge in [-0.25, -0.2) is 4.39 Å². The van der Waals surface area contributed by atoms with Gasteiger partial charge >= 0.3 is 0 Å². The Morgan fingerprint density at radius 1 is 1.23 bits per heavy atom. The van der Waals surface area contributed by atoms with Crippen LogP contribution in [0.15, 0.2) is 59.1 Å². The van der Waals surface area contributed by atoms with Crippen molar-refractivity contribution in [3.8, 4) is 11.5 Å². The lowest BCUT2D eigenvalue weighted by Crippen LogP contribution is -2.22. The summed E-state index contributed by atoms with van der Waals surface area (Å²) >= 11 is 3.43. The van der Waals surface area contributed by atoms with Gasteiger partial charge in [-0.3, -0.25) is 9.59 Å². The predicted molar refractivity (Wildman–Crippen MR) is 117 cm³/mol. The van der Waals surface area contributed by atoms with Gasteiger partial charge in [0.05, 0.1) is 12.0 Å². The number of primary amides is 1. The van der Waals surface area contributed by atoms with Crippen LogP contribution in [-0.4, -0.2) is 11.7 Å². The standard InChI is InChI=1S/C24H19BrFNO4/c1-13-22-18(20(28)11-21(31-22)16-3-2-4-17(25)9-16)10-19(26)23(13)30-12-14-5-7-15(8-6-14)24(27)29/h2-10,21H,11-12H2,1H3,(H2,27,29). The molecule has 1 aliphatic heterocycles. The quantitative estimate of drug-likeness (QED) is 0.535. The lowest BCUT2D eigenvalue weighted by Gasteiger charge is -2.28. The van der Waals surface area contributed by atoms with Gasteiger partial charge in [0, 0.05) is 15.6 Å². The van der Waals surface area contributed by atoms with Crippen LogP contribution in [0.3, 0.4) is 0 Å². The van der Waals surface area contributed by atoms with Crippen LogP contribution < -0.4 is 15.2 Å². The Balaban J connectivity index is 1.60. The van der Waals surface area contributed by atoms with Crippen LogP contribution in [0.5, 0.6) is 11.5 Å². The predicted octanol–water partition coefficient (Wildman–Crippen LogP) is 5.28. The average Bonchev–Trinajstić information content (AvgIpc) is 2.74. The number of Topliss-reactive ketones (excluding diaryl/α,β-unsaturated/α-hetero) is 1. The van der Waals surface area contributed by atoms with Crippen LogP contribution in [0, 0.1) is 12.7 Å². The van der Waals surface area contributed by atoms with Crippen molar-refractivity contribution >= 4 is 27.6 Å². The number of ketones is 1. The van der Waals surface area contributed by atoms with Crippen molar-refractivity contribution in [3.05, 3.63) is 92.7 Å². The second-order valence-electron chi connectivity index (χ2n) is 7.33. The molecule has 0 aliphatic carbocycles. The molecule has 1 aliphatic rings. The molecule has 1 atom stereocenters. The third-order valence-corrected chi connectivity index (χ3v) is 5.68. The van der Waals surface area contributed by atoms with Crippen molar-refractivity contribution in [2.45, 2.75) is 26.1 Å². The first-order chi connectivity index (χ1) is 14.8. The molecule has 1 unspecified atom stereocenters. The van der Waals surface area contributed by atoms with E-state index in [0.29, 0.717) is 16.9 Å². The Morgan fingerprint density at radius 2 is 1.97 bits per heavy atom. The highest BCUT2D eigenvalue weighted by Gasteiger charge is 2.31. The van der Waals surface area contributed by atoms with Crippen LogP contribution >= 0.6 is 15.9 Å². The monoisotopic (exact) mass is 483 g/mol. The van der Waals surface area contributed by atoms with Gasteiger partial charge in [-0.2, -0.15) is 0 Å². The summed E-state index contributed by atoms with van der Waals surface area (Å²) in [6.07, 6.45) is -0.328. The molecule has 0 bridgehead atoms. The van der Waals surface area contributed by atoms with Gasteiger partial charge in [-0.1, -0.05) is 40.2 Å². The Labute approximate surface area is 187 Å². The van der Waals surface area contributed by atoms with Crippen molar-refractivity contribution in [2.75, 3.05) is 0 Å². The van der Waals surface area contributed by atoms with Crippen LogP contribution in [0.2, 0.25) is 0 Å². The summed E-state index contributed by atoms with van der Waals surface area (Å²) in [6, 6.07) is 15.3. The zero-order valence-electron chi connectivity index (χ0n) is 16.7. The molecule has 5 nitrogen and oxygen atoms in total. The molecule has 2 N–H and O–H groups in total.